The van der Waals surface area contributed by atoms with Crippen LogP contribution < -0.4 is 14.8 Å². The van der Waals surface area contributed by atoms with Gasteiger partial charge in [0.1, 0.15) is 0 Å². The number of carbonyl (C=O) groups is 1. The molecule has 0 spiro atoms. The van der Waals surface area contributed by atoms with Crippen molar-refractivity contribution in [2.24, 2.45) is 0 Å². The van der Waals surface area contributed by atoms with Gasteiger partial charge in [-0.1, -0.05) is 64.9 Å². The van der Waals surface area contributed by atoms with E-state index in [1.807, 2.05) is 44.2 Å². The molecule has 0 aliphatic carbocycles. The molecule has 1 N–H and O–H groups in total. The SMILES string of the molecule is COc1cc(/C=C(\Cl)c2nnc(C(=O)NCc3ccccc3)s2)cc(Cl)c1OC(C)C. The van der Waals surface area contributed by atoms with E-state index in [2.05, 4.69) is 15.5 Å². The summed E-state index contributed by atoms with van der Waals surface area (Å²) in [5.41, 5.74) is 1.70. The van der Waals surface area contributed by atoms with Gasteiger partial charge in [-0.25, -0.2) is 0 Å². The van der Waals surface area contributed by atoms with Gasteiger partial charge in [0, 0.05) is 6.54 Å². The molecule has 0 fully saturated rings. The molecule has 0 bridgehead atoms. The number of ether oxygens (including phenoxy) is 2. The first-order valence-corrected chi connectivity index (χ1v) is 11.0. The van der Waals surface area contributed by atoms with Crippen LogP contribution in [0.2, 0.25) is 5.02 Å². The summed E-state index contributed by atoms with van der Waals surface area (Å²) in [6, 6.07) is 13.1. The van der Waals surface area contributed by atoms with Crippen LogP contribution in [0.15, 0.2) is 42.5 Å². The number of hydrogen-bond acceptors (Lipinski definition) is 6. The number of benzene rings is 2. The van der Waals surface area contributed by atoms with Gasteiger partial charge in [-0.15, -0.1) is 10.2 Å². The number of methoxy groups -OCH3 is 1. The fourth-order valence-corrected chi connectivity index (χ4v) is 3.86. The zero-order chi connectivity index (χ0) is 22.4. The lowest BCUT2D eigenvalue weighted by molar-refractivity contribution is 0.0950. The third-order valence-electron chi connectivity index (χ3n) is 4.02. The van der Waals surface area contributed by atoms with Crippen molar-refractivity contribution in [1.82, 2.24) is 15.5 Å². The smallest absolute Gasteiger partial charge is 0.282 e. The first-order chi connectivity index (χ1) is 14.9. The minimum Gasteiger partial charge on any atom is -0.493 e. The molecular formula is C22H21Cl2N3O3S. The molecule has 0 atom stereocenters. The van der Waals surface area contributed by atoms with E-state index in [4.69, 9.17) is 32.7 Å². The van der Waals surface area contributed by atoms with E-state index in [9.17, 15) is 4.79 Å². The van der Waals surface area contributed by atoms with Gasteiger partial charge in [0.2, 0.25) is 5.01 Å². The fraction of sp³-hybridized carbons (Fsp3) is 0.227. The Kier molecular flexibility index (Phi) is 7.90. The number of halogens is 2. The van der Waals surface area contributed by atoms with Crippen molar-refractivity contribution in [2.75, 3.05) is 7.11 Å². The molecule has 31 heavy (non-hydrogen) atoms. The summed E-state index contributed by atoms with van der Waals surface area (Å²) in [5, 5.41) is 12.2. The lowest BCUT2D eigenvalue weighted by Crippen LogP contribution is -2.22. The minimum atomic E-state index is -0.308. The van der Waals surface area contributed by atoms with E-state index in [0.29, 0.717) is 38.7 Å². The van der Waals surface area contributed by atoms with Gasteiger partial charge in [-0.3, -0.25) is 4.79 Å². The summed E-state index contributed by atoms with van der Waals surface area (Å²) in [4.78, 5) is 12.4. The number of aromatic nitrogens is 2. The number of nitrogens with zero attached hydrogens (tertiary/aromatic N) is 2. The van der Waals surface area contributed by atoms with Crippen molar-refractivity contribution in [2.45, 2.75) is 26.5 Å². The number of hydrogen-bond donors (Lipinski definition) is 1. The Morgan fingerprint density at radius 2 is 1.90 bits per heavy atom. The van der Waals surface area contributed by atoms with Crippen LogP contribution in [0.5, 0.6) is 11.5 Å². The predicted octanol–water partition coefficient (Wildman–Crippen LogP) is 5.65. The van der Waals surface area contributed by atoms with Crippen LogP contribution in [0, 0.1) is 0 Å². The van der Waals surface area contributed by atoms with Crippen molar-refractivity contribution in [3.05, 3.63) is 68.6 Å². The van der Waals surface area contributed by atoms with Crippen LogP contribution in [0.4, 0.5) is 0 Å². The molecule has 2 aromatic carbocycles. The summed E-state index contributed by atoms with van der Waals surface area (Å²) < 4.78 is 11.1. The van der Waals surface area contributed by atoms with Crippen molar-refractivity contribution in [3.8, 4) is 11.5 Å². The second-order valence-electron chi connectivity index (χ2n) is 6.77. The van der Waals surface area contributed by atoms with Gasteiger partial charge in [0.15, 0.2) is 16.5 Å². The van der Waals surface area contributed by atoms with Crippen LogP contribution in [0.25, 0.3) is 11.1 Å². The second-order valence-corrected chi connectivity index (χ2v) is 8.57. The van der Waals surface area contributed by atoms with E-state index >= 15 is 0 Å². The second kappa shape index (κ2) is 10.6. The molecule has 0 saturated heterocycles. The van der Waals surface area contributed by atoms with Crippen LogP contribution >= 0.6 is 34.5 Å². The molecule has 0 unspecified atom stereocenters. The summed E-state index contributed by atoms with van der Waals surface area (Å²) in [6.45, 7) is 4.22. The molecule has 3 aromatic rings. The highest BCUT2D eigenvalue weighted by Crippen LogP contribution is 2.38. The molecule has 0 aliphatic rings. The molecule has 9 heteroatoms. The maximum Gasteiger partial charge on any atom is 0.282 e. The van der Waals surface area contributed by atoms with Gasteiger partial charge >= 0.3 is 0 Å². The normalized spacial score (nSPS) is 11.5. The Hall–Kier alpha value is -2.61. The zero-order valence-electron chi connectivity index (χ0n) is 17.2. The third kappa shape index (κ3) is 6.19. The van der Waals surface area contributed by atoms with E-state index < -0.39 is 0 Å². The summed E-state index contributed by atoms with van der Waals surface area (Å²) in [5.74, 6) is 0.660. The number of rotatable bonds is 8. The summed E-state index contributed by atoms with van der Waals surface area (Å²) >= 11 is 13.9. The highest BCUT2D eigenvalue weighted by molar-refractivity contribution is 7.15. The van der Waals surface area contributed by atoms with Crippen LogP contribution in [-0.2, 0) is 6.54 Å². The Labute approximate surface area is 194 Å². The first-order valence-electron chi connectivity index (χ1n) is 9.44. The number of nitrogens with one attached hydrogen (secondary N) is 1. The Bertz CT molecular complexity index is 1080. The molecule has 6 nitrogen and oxygen atoms in total. The monoisotopic (exact) mass is 477 g/mol. The largest absolute Gasteiger partial charge is 0.493 e. The van der Waals surface area contributed by atoms with E-state index in [1.54, 1.807) is 25.3 Å². The average molecular weight is 478 g/mol. The maximum atomic E-state index is 12.4. The molecule has 3 rings (SSSR count). The van der Waals surface area contributed by atoms with E-state index in [0.717, 1.165) is 16.9 Å². The fourth-order valence-electron chi connectivity index (χ4n) is 2.65. The van der Waals surface area contributed by atoms with Gasteiger partial charge in [-0.2, -0.15) is 0 Å². The average Bonchev–Trinajstić information content (AvgIpc) is 3.25. The van der Waals surface area contributed by atoms with Gasteiger partial charge in [-0.05, 0) is 43.2 Å². The molecule has 0 saturated carbocycles. The van der Waals surface area contributed by atoms with Gasteiger partial charge < -0.3 is 14.8 Å². The first kappa shape index (κ1) is 23.1. The predicted molar refractivity (Wildman–Crippen MR) is 125 cm³/mol. The van der Waals surface area contributed by atoms with Crippen LogP contribution in [0.3, 0.4) is 0 Å². The Balaban J connectivity index is 1.74. The van der Waals surface area contributed by atoms with Crippen molar-refractivity contribution in [1.29, 1.82) is 0 Å². The molecule has 0 aliphatic heterocycles. The van der Waals surface area contributed by atoms with Gasteiger partial charge in [0.05, 0.1) is 23.3 Å². The Morgan fingerprint density at radius 1 is 1.19 bits per heavy atom. The van der Waals surface area contributed by atoms with Crippen LogP contribution in [-0.4, -0.2) is 29.3 Å². The topological polar surface area (TPSA) is 73.3 Å². The highest BCUT2D eigenvalue weighted by atomic mass is 35.5. The van der Waals surface area contributed by atoms with Crippen molar-refractivity contribution < 1.29 is 14.3 Å². The van der Waals surface area contributed by atoms with Crippen molar-refractivity contribution >= 4 is 51.6 Å². The van der Waals surface area contributed by atoms with Crippen LogP contribution in [0.1, 0.15) is 39.8 Å². The molecular weight excluding hydrogens is 457 g/mol. The van der Waals surface area contributed by atoms with Crippen molar-refractivity contribution in [3.63, 3.8) is 0 Å². The molecule has 1 aromatic heterocycles. The molecule has 1 amide bonds. The lowest BCUT2D eigenvalue weighted by atomic mass is 10.2. The zero-order valence-corrected chi connectivity index (χ0v) is 19.5. The van der Waals surface area contributed by atoms with E-state index in [1.165, 1.54) is 0 Å². The number of amides is 1. The maximum absolute atomic E-state index is 12.4. The summed E-state index contributed by atoms with van der Waals surface area (Å²) in [7, 11) is 1.54. The molecule has 162 valence electrons. The standard InChI is InChI=1S/C22H21Cl2N3O3S/c1-13(2)30-19-16(23)9-15(11-18(19)29-3)10-17(24)21-26-27-22(31-21)20(28)25-12-14-7-5-4-6-8-14/h4-11,13H,12H2,1-3H3,(H,25,28)/b17-10-. The number of carbonyl (C=O) groups excluding carboxylic acids is 1. The minimum absolute atomic E-state index is 0.0516. The van der Waals surface area contributed by atoms with Gasteiger partial charge in [0.25, 0.3) is 5.91 Å². The summed E-state index contributed by atoms with van der Waals surface area (Å²) in [6.07, 6.45) is 1.63. The molecule has 0 radical (unpaired) electrons. The quantitative estimate of drug-likeness (QED) is 0.453. The Morgan fingerprint density at radius 3 is 2.58 bits per heavy atom. The third-order valence-corrected chi connectivity index (χ3v) is 5.65. The lowest BCUT2D eigenvalue weighted by Gasteiger charge is -2.15. The van der Waals surface area contributed by atoms with E-state index in [-0.39, 0.29) is 17.0 Å². The highest BCUT2D eigenvalue weighted by Gasteiger charge is 2.16. The molecule has 1 heterocycles.